The lowest BCUT2D eigenvalue weighted by molar-refractivity contribution is 0.667. The van der Waals surface area contributed by atoms with Crippen molar-refractivity contribution in [1.29, 1.82) is 0 Å². The van der Waals surface area contributed by atoms with Crippen molar-refractivity contribution >= 4 is 53.6 Å². The Labute approximate surface area is 325 Å². The van der Waals surface area contributed by atoms with Crippen molar-refractivity contribution in [2.75, 3.05) is 0 Å². The largest absolute Gasteiger partial charge is 0.452 e. The van der Waals surface area contributed by atoms with Crippen LogP contribution in [0.4, 0.5) is 0 Å². The summed E-state index contributed by atoms with van der Waals surface area (Å²) in [6.07, 6.45) is 0. The van der Waals surface area contributed by atoms with Gasteiger partial charge in [-0.25, -0.2) is 24.9 Å². The molecule has 11 rings (SSSR count). The van der Waals surface area contributed by atoms with Gasteiger partial charge in [0.2, 0.25) is 0 Å². The number of rotatable bonds is 6. The topological polar surface area (TPSA) is 77.6 Å². The predicted octanol–water partition coefficient (Wildman–Crippen LogP) is 12.9. The first-order valence-corrected chi connectivity index (χ1v) is 19.2. The zero-order valence-electron chi connectivity index (χ0n) is 29.8. The van der Waals surface area contributed by atoms with Gasteiger partial charge in [-0.05, 0) is 53.6 Å². The van der Waals surface area contributed by atoms with Crippen LogP contribution in [0.25, 0.3) is 110 Å². The Bertz CT molecular complexity index is 3250. The molecule has 7 aromatic carbocycles. The standard InChI is InChI=1S/C49H29N5OS/c1-4-14-30(15-5-1)33-20-12-21-34(28-33)48-52-46(32-18-8-3-9-19-32)53-49(54-48)37-23-13-25-41-42(37)38-29-35(26-27-40(38)56-41)47-50-43(31-16-6-2-7-17-31)45-44(51-47)36-22-10-11-24-39(36)55-45/h1-29H. The minimum atomic E-state index is 0.614. The van der Waals surface area contributed by atoms with Crippen LogP contribution >= 0.6 is 11.3 Å². The molecule has 262 valence electrons. The Morgan fingerprint density at radius 1 is 0.375 bits per heavy atom. The Kier molecular flexibility index (Phi) is 7.57. The van der Waals surface area contributed by atoms with Crippen LogP contribution in [0, 0.1) is 0 Å². The lowest BCUT2D eigenvalue weighted by atomic mass is 10.0. The van der Waals surface area contributed by atoms with Crippen molar-refractivity contribution in [2.24, 2.45) is 0 Å². The smallest absolute Gasteiger partial charge is 0.180 e. The van der Waals surface area contributed by atoms with Gasteiger partial charge in [-0.2, -0.15) is 0 Å². The van der Waals surface area contributed by atoms with Gasteiger partial charge in [0, 0.05) is 53.4 Å². The first-order chi connectivity index (χ1) is 27.7. The third-order valence-corrected chi connectivity index (χ3v) is 11.3. The summed E-state index contributed by atoms with van der Waals surface area (Å²) in [5.74, 6) is 2.49. The average molecular weight is 736 g/mol. The van der Waals surface area contributed by atoms with Crippen LogP contribution in [0.3, 0.4) is 0 Å². The van der Waals surface area contributed by atoms with Gasteiger partial charge in [0.25, 0.3) is 0 Å². The molecule has 0 saturated carbocycles. The molecular weight excluding hydrogens is 707 g/mol. The Balaban J connectivity index is 1.11. The minimum Gasteiger partial charge on any atom is -0.452 e. The fraction of sp³-hybridized carbons (Fsp3) is 0. The highest BCUT2D eigenvalue weighted by Crippen LogP contribution is 2.42. The zero-order valence-corrected chi connectivity index (χ0v) is 30.6. The third-order valence-electron chi connectivity index (χ3n) is 10.2. The molecule has 0 bridgehead atoms. The lowest BCUT2D eigenvalue weighted by Gasteiger charge is -2.11. The number of benzene rings is 7. The van der Waals surface area contributed by atoms with Crippen molar-refractivity contribution in [3.8, 4) is 67.9 Å². The second kappa shape index (κ2) is 13.2. The first-order valence-electron chi connectivity index (χ1n) is 18.4. The van der Waals surface area contributed by atoms with Crippen LogP contribution in [-0.2, 0) is 0 Å². The Morgan fingerprint density at radius 2 is 0.982 bits per heavy atom. The molecule has 4 aromatic heterocycles. The molecule has 0 spiro atoms. The van der Waals surface area contributed by atoms with Gasteiger partial charge in [-0.3, -0.25) is 0 Å². The summed E-state index contributed by atoms with van der Waals surface area (Å²) in [7, 11) is 0. The molecule has 0 fully saturated rings. The molecule has 0 unspecified atom stereocenters. The molecule has 0 saturated heterocycles. The highest BCUT2D eigenvalue weighted by atomic mass is 32.1. The van der Waals surface area contributed by atoms with E-state index in [0.29, 0.717) is 28.9 Å². The average Bonchev–Trinajstić information content (AvgIpc) is 3.85. The summed E-state index contributed by atoms with van der Waals surface area (Å²) in [5, 5.41) is 3.14. The quantitative estimate of drug-likeness (QED) is 0.169. The SMILES string of the molecule is c1ccc(-c2cccc(-c3nc(-c4ccccc4)nc(-c4cccc5sc6ccc(-c7nc(-c8ccccc8)c8oc9ccccc9c8n7)cc6c45)n3)c2)cc1. The predicted molar refractivity (Wildman–Crippen MR) is 228 cm³/mol. The van der Waals surface area contributed by atoms with Crippen LogP contribution in [0.5, 0.6) is 0 Å². The van der Waals surface area contributed by atoms with Gasteiger partial charge in [0.15, 0.2) is 28.9 Å². The van der Waals surface area contributed by atoms with Crippen molar-refractivity contribution in [2.45, 2.75) is 0 Å². The number of hydrogen-bond acceptors (Lipinski definition) is 7. The van der Waals surface area contributed by atoms with Gasteiger partial charge in [-0.1, -0.05) is 133 Å². The highest BCUT2D eigenvalue weighted by Gasteiger charge is 2.21. The number of nitrogens with zero attached hydrogens (tertiary/aromatic N) is 5. The monoisotopic (exact) mass is 735 g/mol. The van der Waals surface area contributed by atoms with Crippen molar-refractivity contribution < 1.29 is 4.42 Å². The van der Waals surface area contributed by atoms with E-state index in [1.54, 1.807) is 11.3 Å². The second-order valence-electron chi connectivity index (χ2n) is 13.6. The molecule has 0 aliphatic heterocycles. The molecule has 0 amide bonds. The summed E-state index contributed by atoms with van der Waals surface area (Å²) in [6.45, 7) is 0. The number of aromatic nitrogens is 5. The molecule has 0 aliphatic rings. The number of thiophene rings is 1. The van der Waals surface area contributed by atoms with Gasteiger partial charge < -0.3 is 4.42 Å². The number of fused-ring (bicyclic) bond motifs is 6. The maximum atomic E-state index is 6.38. The zero-order chi connectivity index (χ0) is 37.0. The van der Waals surface area contributed by atoms with E-state index in [4.69, 9.17) is 29.3 Å². The van der Waals surface area contributed by atoms with Crippen LogP contribution in [0.1, 0.15) is 0 Å². The van der Waals surface area contributed by atoms with Crippen LogP contribution in [0.2, 0.25) is 0 Å². The van der Waals surface area contributed by atoms with E-state index in [2.05, 4.69) is 103 Å². The molecule has 4 heterocycles. The molecular formula is C49H29N5OS. The summed E-state index contributed by atoms with van der Waals surface area (Å²) >= 11 is 1.75. The molecule has 56 heavy (non-hydrogen) atoms. The fourth-order valence-electron chi connectivity index (χ4n) is 7.47. The van der Waals surface area contributed by atoms with E-state index >= 15 is 0 Å². The molecule has 6 nitrogen and oxygen atoms in total. The number of hydrogen-bond donors (Lipinski definition) is 0. The van der Waals surface area contributed by atoms with Gasteiger partial charge >= 0.3 is 0 Å². The van der Waals surface area contributed by atoms with Crippen LogP contribution in [0.15, 0.2) is 180 Å². The number of furan rings is 1. The Morgan fingerprint density at radius 3 is 1.79 bits per heavy atom. The van der Waals surface area contributed by atoms with E-state index in [1.807, 2.05) is 72.8 Å². The molecule has 11 aromatic rings. The van der Waals surface area contributed by atoms with E-state index in [0.717, 1.165) is 81.3 Å². The van der Waals surface area contributed by atoms with Gasteiger partial charge in [-0.15, -0.1) is 11.3 Å². The van der Waals surface area contributed by atoms with E-state index in [-0.39, 0.29) is 0 Å². The maximum Gasteiger partial charge on any atom is 0.180 e. The normalized spacial score (nSPS) is 11.6. The van der Waals surface area contributed by atoms with Crippen molar-refractivity contribution in [3.05, 3.63) is 176 Å². The molecule has 0 N–H and O–H groups in total. The lowest BCUT2D eigenvalue weighted by Crippen LogP contribution is -2.00. The molecule has 0 aliphatic carbocycles. The molecule has 0 atom stereocenters. The van der Waals surface area contributed by atoms with Crippen LogP contribution < -0.4 is 0 Å². The first kappa shape index (κ1) is 32.1. The second-order valence-corrected chi connectivity index (χ2v) is 14.7. The third kappa shape index (κ3) is 5.52. The summed E-state index contributed by atoms with van der Waals surface area (Å²) in [4.78, 5) is 25.7. The van der Waals surface area contributed by atoms with Crippen LogP contribution in [-0.4, -0.2) is 24.9 Å². The summed E-state index contributed by atoms with van der Waals surface area (Å²) in [5.41, 5.74) is 9.93. The van der Waals surface area contributed by atoms with E-state index in [1.165, 1.54) is 0 Å². The van der Waals surface area contributed by atoms with Crippen molar-refractivity contribution in [3.63, 3.8) is 0 Å². The fourth-order valence-corrected chi connectivity index (χ4v) is 8.59. The summed E-state index contributed by atoms with van der Waals surface area (Å²) in [6, 6.07) is 60.0. The minimum absolute atomic E-state index is 0.614. The van der Waals surface area contributed by atoms with E-state index < -0.39 is 0 Å². The van der Waals surface area contributed by atoms with Crippen molar-refractivity contribution in [1.82, 2.24) is 24.9 Å². The molecule has 7 heteroatoms. The van der Waals surface area contributed by atoms with E-state index in [9.17, 15) is 0 Å². The highest BCUT2D eigenvalue weighted by molar-refractivity contribution is 7.26. The van der Waals surface area contributed by atoms with Gasteiger partial charge in [0.1, 0.15) is 16.8 Å². The van der Waals surface area contributed by atoms with Gasteiger partial charge in [0.05, 0.1) is 0 Å². The maximum absolute atomic E-state index is 6.38. The number of para-hydroxylation sites is 1. The molecule has 0 radical (unpaired) electrons. The summed E-state index contributed by atoms with van der Waals surface area (Å²) < 4.78 is 8.68. The Hall–Kier alpha value is -7.35.